The van der Waals surface area contributed by atoms with Gasteiger partial charge in [-0.25, -0.2) is 0 Å². The fourth-order valence-corrected chi connectivity index (χ4v) is 2.33. The third-order valence-corrected chi connectivity index (χ3v) is 3.49. The first kappa shape index (κ1) is 14.5. The van der Waals surface area contributed by atoms with Gasteiger partial charge in [0.15, 0.2) is 6.29 Å². The van der Waals surface area contributed by atoms with Crippen molar-refractivity contribution < 1.29 is 19.3 Å². The highest BCUT2D eigenvalue weighted by molar-refractivity contribution is 5.13. The molecule has 1 saturated heterocycles. The zero-order chi connectivity index (χ0) is 13.7. The van der Waals surface area contributed by atoms with Crippen LogP contribution in [0.2, 0.25) is 0 Å². The van der Waals surface area contributed by atoms with Gasteiger partial charge in [0.2, 0.25) is 0 Å². The maximum atomic E-state index is 10.2. The Hall–Kier alpha value is -0.940. The molecule has 4 heteroatoms. The largest absolute Gasteiger partial charge is 0.388 e. The topological polar surface area (TPSA) is 47.9 Å². The van der Waals surface area contributed by atoms with Gasteiger partial charge in [-0.3, -0.25) is 0 Å². The molecule has 4 nitrogen and oxygen atoms in total. The van der Waals surface area contributed by atoms with E-state index in [9.17, 15) is 5.11 Å². The molecule has 1 heterocycles. The van der Waals surface area contributed by atoms with E-state index < -0.39 is 6.10 Å². The third kappa shape index (κ3) is 3.76. The van der Waals surface area contributed by atoms with E-state index in [-0.39, 0.29) is 18.5 Å². The van der Waals surface area contributed by atoms with Crippen LogP contribution in [0.5, 0.6) is 0 Å². The van der Waals surface area contributed by atoms with Crippen LogP contribution in [0.25, 0.3) is 0 Å². The lowest BCUT2D eigenvalue weighted by atomic mass is 9.99. The van der Waals surface area contributed by atoms with Crippen LogP contribution < -0.4 is 0 Å². The molecule has 0 radical (unpaired) electrons. The second kappa shape index (κ2) is 7.01. The highest BCUT2D eigenvalue weighted by Gasteiger charge is 2.37. The zero-order valence-electron chi connectivity index (χ0n) is 11.5. The van der Waals surface area contributed by atoms with Crippen molar-refractivity contribution in [3.63, 3.8) is 0 Å². The second-order valence-corrected chi connectivity index (χ2v) is 4.81. The Morgan fingerprint density at radius 2 is 2.05 bits per heavy atom. The van der Waals surface area contributed by atoms with Crippen molar-refractivity contribution >= 4 is 0 Å². The molecule has 0 bridgehead atoms. The highest BCUT2D eigenvalue weighted by atomic mass is 16.7. The van der Waals surface area contributed by atoms with Crippen LogP contribution in [0.15, 0.2) is 30.3 Å². The molecule has 1 aromatic carbocycles. The van der Waals surface area contributed by atoms with Crippen molar-refractivity contribution in [2.24, 2.45) is 0 Å². The molecule has 106 valence electrons. The Morgan fingerprint density at radius 1 is 1.32 bits per heavy atom. The van der Waals surface area contributed by atoms with Crippen LogP contribution in [0.3, 0.4) is 0 Å². The number of rotatable bonds is 5. The molecule has 1 aliphatic rings. The van der Waals surface area contributed by atoms with Crippen LogP contribution in [-0.2, 0) is 20.8 Å². The molecular weight excluding hydrogens is 244 g/mol. The van der Waals surface area contributed by atoms with Gasteiger partial charge in [-0.1, -0.05) is 37.3 Å². The van der Waals surface area contributed by atoms with Crippen LogP contribution >= 0.6 is 0 Å². The molecule has 1 aromatic rings. The number of hydrogen-bond acceptors (Lipinski definition) is 4. The summed E-state index contributed by atoms with van der Waals surface area (Å²) < 4.78 is 16.7. The maximum Gasteiger partial charge on any atom is 0.160 e. The van der Waals surface area contributed by atoms with Gasteiger partial charge >= 0.3 is 0 Å². The van der Waals surface area contributed by atoms with E-state index in [1.165, 1.54) is 0 Å². The summed E-state index contributed by atoms with van der Waals surface area (Å²) in [6, 6.07) is 9.95. The molecule has 0 unspecified atom stereocenters. The van der Waals surface area contributed by atoms with Crippen LogP contribution in [0.1, 0.15) is 25.3 Å². The van der Waals surface area contributed by atoms with Crippen molar-refractivity contribution in [2.45, 2.75) is 51.0 Å². The molecule has 2 rings (SSSR count). The van der Waals surface area contributed by atoms with E-state index in [0.717, 1.165) is 12.0 Å². The lowest BCUT2D eigenvalue weighted by Gasteiger charge is -2.38. The van der Waals surface area contributed by atoms with Crippen molar-refractivity contribution in [1.29, 1.82) is 0 Å². The van der Waals surface area contributed by atoms with E-state index in [1.54, 1.807) is 7.11 Å². The number of hydrogen-bond donors (Lipinski definition) is 1. The number of methoxy groups -OCH3 is 1. The molecule has 1 aliphatic heterocycles. The average Bonchev–Trinajstić information content (AvgIpc) is 2.47. The van der Waals surface area contributed by atoms with Crippen LogP contribution in [0, 0.1) is 0 Å². The zero-order valence-corrected chi connectivity index (χ0v) is 11.5. The normalized spacial score (nSPS) is 31.3. The van der Waals surface area contributed by atoms with E-state index in [0.29, 0.717) is 13.0 Å². The molecule has 0 aromatic heterocycles. The molecule has 1 N–H and O–H groups in total. The summed E-state index contributed by atoms with van der Waals surface area (Å²) in [6.45, 7) is 2.48. The smallest absolute Gasteiger partial charge is 0.160 e. The van der Waals surface area contributed by atoms with Crippen molar-refractivity contribution in [3.8, 4) is 0 Å². The van der Waals surface area contributed by atoms with Crippen molar-refractivity contribution in [1.82, 2.24) is 0 Å². The molecule has 0 spiro atoms. The summed E-state index contributed by atoms with van der Waals surface area (Å²) >= 11 is 0. The fraction of sp³-hybridized carbons (Fsp3) is 0.600. The number of benzene rings is 1. The Labute approximate surface area is 114 Å². The van der Waals surface area contributed by atoms with Gasteiger partial charge in [-0.05, 0) is 12.0 Å². The van der Waals surface area contributed by atoms with E-state index in [4.69, 9.17) is 14.2 Å². The third-order valence-electron chi connectivity index (χ3n) is 3.49. The summed E-state index contributed by atoms with van der Waals surface area (Å²) in [6.07, 6.45) is -0.0645. The second-order valence-electron chi connectivity index (χ2n) is 4.81. The quantitative estimate of drug-likeness (QED) is 0.886. The first-order valence-corrected chi connectivity index (χ1v) is 6.76. The van der Waals surface area contributed by atoms with Gasteiger partial charge in [0.1, 0.15) is 6.10 Å². The number of ether oxygens (including phenoxy) is 3. The molecular formula is C15H22O4. The van der Waals surface area contributed by atoms with Gasteiger partial charge < -0.3 is 19.3 Å². The monoisotopic (exact) mass is 266 g/mol. The van der Waals surface area contributed by atoms with Crippen molar-refractivity contribution in [3.05, 3.63) is 35.9 Å². The molecule has 0 aliphatic carbocycles. The predicted molar refractivity (Wildman–Crippen MR) is 71.6 cm³/mol. The Morgan fingerprint density at radius 3 is 2.68 bits per heavy atom. The average molecular weight is 266 g/mol. The minimum atomic E-state index is -0.597. The maximum absolute atomic E-state index is 10.2. The molecule has 0 amide bonds. The van der Waals surface area contributed by atoms with E-state index in [1.807, 2.05) is 37.3 Å². The van der Waals surface area contributed by atoms with Crippen LogP contribution in [0.4, 0.5) is 0 Å². The van der Waals surface area contributed by atoms with Crippen molar-refractivity contribution in [2.75, 3.05) is 7.11 Å². The van der Waals surface area contributed by atoms with Gasteiger partial charge in [0.25, 0.3) is 0 Å². The fourth-order valence-electron chi connectivity index (χ4n) is 2.33. The Balaban J connectivity index is 1.93. The molecule has 19 heavy (non-hydrogen) atoms. The van der Waals surface area contributed by atoms with E-state index >= 15 is 0 Å². The minimum absolute atomic E-state index is 0.223. The first-order valence-electron chi connectivity index (χ1n) is 6.76. The summed E-state index contributed by atoms with van der Waals surface area (Å²) in [5, 5.41) is 10.2. The lowest BCUT2D eigenvalue weighted by molar-refractivity contribution is -0.252. The standard InChI is InChI=1S/C15H22O4/c1-3-12-15(16)13(9-14(17-2)19-12)18-10-11-7-5-4-6-8-11/h4-8,12-16H,3,9-10H2,1-2H3/t12-,13-,14+,15-/m1/s1. The number of aliphatic hydroxyl groups excluding tert-OH is 1. The first-order chi connectivity index (χ1) is 9.24. The molecule has 1 fully saturated rings. The summed E-state index contributed by atoms with van der Waals surface area (Å²) in [4.78, 5) is 0. The van der Waals surface area contributed by atoms with Gasteiger partial charge in [-0.15, -0.1) is 0 Å². The Kier molecular flexibility index (Phi) is 5.34. The predicted octanol–water partition coefficient (Wildman–Crippen LogP) is 2.10. The van der Waals surface area contributed by atoms with Gasteiger partial charge in [-0.2, -0.15) is 0 Å². The minimum Gasteiger partial charge on any atom is -0.388 e. The van der Waals surface area contributed by atoms with Gasteiger partial charge in [0.05, 0.1) is 18.8 Å². The van der Waals surface area contributed by atoms with E-state index in [2.05, 4.69) is 0 Å². The van der Waals surface area contributed by atoms with Gasteiger partial charge in [0, 0.05) is 13.5 Å². The van der Waals surface area contributed by atoms with Crippen LogP contribution in [-0.4, -0.2) is 36.8 Å². The summed E-state index contributed by atoms with van der Waals surface area (Å²) in [7, 11) is 1.61. The summed E-state index contributed by atoms with van der Waals surface area (Å²) in [5.41, 5.74) is 1.10. The molecule has 0 saturated carbocycles. The highest BCUT2D eigenvalue weighted by Crippen LogP contribution is 2.25. The number of aliphatic hydroxyl groups is 1. The lowest BCUT2D eigenvalue weighted by Crippen LogP contribution is -2.49. The molecule has 4 atom stereocenters. The Bertz CT molecular complexity index is 368. The summed E-state index contributed by atoms with van der Waals surface area (Å²) in [5.74, 6) is 0. The SMILES string of the molecule is CC[C@H]1O[C@H](OC)C[C@@H](OCc2ccccc2)[C@@H]1O.